The fourth-order valence-corrected chi connectivity index (χ4v) is 3.98. The van der Waals surface area contributed by atoms with E-state index in [1.807, 2.05) is 25.1 Å². The van der Waals surface area contributed by atoms with E-state index in [4.69, 9.17) is 10.3 Å². The van der Waals surface area contributed by atoms with Gasteiger partial charge >= 0.3 is 0 Å². The highest BCUT2D eigenvalue weighted by Crippen LogP contribution is 2.52. The number of fused-ring (bicyclic) bond motifs is 2. The van der Waals surface area contributed by atoms with Crippen LogP contribution >= 0.6 is 0 Å². The molecule has 2 N–H and O–H groups in total. The summed E-state index contributed by atoms with van der Waals surface area (Å²) in [6.45, 7) is 2.02. The van der Waals surface area contributed by atoms with E-state index in [1.54, 1.807) is 0 Å². The first-order chi connectivity index (χ1) is 9.70. The summed E-state index contributed by atoms with van der Waals surface area (Å²) in [5, 5.41) is 4.24. The van der Waals surface area contributed by atoms with Crippen molar-refractivity contribution in [2.75, 3.05) is 5.73 Å². The summed E-state index contributed by atoms with van der Waals surface area (Å²) in [4.78, 5) is 4.65. The predicted octanol–water partition coefficient (Wildman–Crippen LogP) is 3.53. The molecule has 2 aromatic rings. The largest absolute Gasteiger partial charge is 0.399 e. The van der Waals surface area contributed by atoms with Gasteiger partial charge in [0.2, 0.25) is 0 Å². The van der Waals surface area contributed by atoms with E-state index in [1.165, 1.54) is 25.7 Å². The smallest absolute Gasteiger partial charge is 0.258 e. The Hall–Kier alpha value is -1.84. The lowest BCUT2D eigenvalue weighted by molar-refractivity contribution is 0.372. The van der Waals surface area contributed by atoms with Crippen LogP contribution in [0.3, 0.4) is 0 Å². The SMILES string of the molecule is Cc1cc(N)ccc1-c1nc(C2CC3CCC2C3)no1. The summed E-state index contributed by atoms with van der Waals surface area (Å²) >= 11 is 0. The first-order valence-corrected chi connectivity index (χ1v) is 7.41. The molecular formula is C16H19N3O. The van der Waals surface area contributed by atoms with E-state index in [2.05, 4.69) is 10.1 Å². The van der Waals surface area contributed by atoms with Crippen LogP contribution in [0.4, 0.5) is 5.69 Å². The van der Waals surface area contributed by atoms with Gasteiger partial charge in [-0.2, -0.15) is 4.98 Å². The maximum atomic E-state index is 5.78. The molecular weight excluding hydrogens is 250 g/mol. The highest BCUT2D eigenvalue weighted by Gasteiger charge is 2.42. The van der Waals surface area contributed by atoms with Gasteiger partial charge in [-0.15, -0.1) is 0 Å². The molecule has 1 heterocycles. The van der Waals surface area contributed by atoms with Gasteiger partial charge in [0.1, 0.15) is 0 Å². The van der Waals surface area contributed by atoms with Crippen molar-refractivity contribution >= 4 is 5.69 Å². The van der Waals surface area contributed by atoms with Crippen LogP contribution in [-0.4, -0.2) is 10.1 Å². The van der Waals surface area contributed by atoms with Gasteiger partial charge in [0.05, 0.1) is 0 Å². The second-order valence-electron chi connectivity index (χ2n) is 6.31. The number of aryl methyl sites for hydroxylation is 1. The van der Waals surface area contributed by atoms with Gasteiger partial charge in [-0.25, -0.2) is 0 Å². The van der Waals surface area contributed by atoms with Gasteiger partial charge in [0.15, 0.2) is 5.82 Å². The van der Waals surface area contributed by atoms with Crippen LogP contribution in [0.2, 0.25) is 0 Å². The first-order valence-electron chi connectivity index (χ1n) is 7.41. The number of nitrogens with two attached hydrogens (primary N) is 1. The van der Waals surface area contributed by atoms with Gasteiger partial charge in [0, 0.05) is 17.2 Å². The van der Waals surface area contributed by atoms with Crippen LogP contribution in [0.25, 0.3) is 11.5 Å². The molecule has 0 amide bonds. The molecule has 1 aromatic carbocycles. The number of nitrogens with zero attached hydrogens (tertiary/aromatic N) is 2. The summed E-state index contributed by atoms with van der Waals surface area (Å²) in [5.41, 5.74) is 8.61. The second kappa shape index (κ2) is 4.33. The highest BCUT2D eigenvalue weighted by atomic mass is 16.5. The summed E-state index contributed by atoms with van der Waals surface area (Å²) in [6, 6.07) is 5.78. The second-order valence-corrected chi connectivity index (χ2v) is 6.31. The summed E-state index contributed by atoms with van der Waals surface area (Å²) < 4.78 is 5.49. The van der Waals surface area contributed by atoms with Crippen molar-refractivity contribution in [3.63, 3.8) is 0 Å². The van der Waals surface area contributed by atoms with E-state index < -0.39 is 0 Å². The summed E-state index contributed by atoms with van der Waals surface area (Å²) in [7, 11) is 0. The zero-order chi connectivity index (χ0) is 13.7. The lowest BCUT2D eigenvalue weighted by atomic mass is 9.88. The number of benzene rings is 1. The van der Waals surface area contributed by atoms with Crippen molar-refractivity contribution in [2.24, 2.45) is 11.8 Å². The molecule has 2 saturated carbocycles. The molecule has 3 unspecified atom stereocenters. The zero-order valence-electron chi connectivity index (χ0n) is 11.7. The number of aromatic nitrogens is 2. The number of nitrogen functional groups attached to an aromatic ring is 1. The molecule has 2 aliphatic carbocycles. The molecule has 4 heteroatoms. The molecule has 104 valence electrons. The van der Waals surface area contributed by atoms with Crippen LogP contribution in [0.15, 0.2) is 22.7 Å². The van der Waals surface area contributed by atoms with Gasteiger partial charge in [0.25, 0.3) is 5.89 Å². The van der Waals surface area contributed by atoms with Crippen molar-refractivity contribution in [3.05, 3.63) is 29.6 Å². The van der Waals surface area contributed by atoms with Crippen LogP contribution in [0.1, 0.15) is 43.0 Å². The molecule has 0 spiro atoms. The summed E-state index contributed by atoms with van der Waals surface area (Å²) in [6.07, 6.45) is 5.32. The van der Waals surface area contributed by atoms with Gasteiger partial charge < -0.3 is 10.3 Å². The Kier molecular flexibility index (Phi) is 2.59. The molecule has 3 atom stereocenters. The van der Waals surface area contributed by atoms with E-state index in [0.717, 1.165) is 34.5 Å². The zero-order valence-corrected chi connectivity index (χ0v) is 11.7. The molecule has 1 aromatic heterocycles. The Morgan fingerprint density at radius 1 is 1.25 bits per heavy atom. The molecule has 4 rings (SSSR count). The van der Waals surface area contributed by atoms with E-state index in [9.17, 15) is 0 Å². The number of hydrogen-bond acceptors (Lipinski definition) is 4. The van der Waals surface area contributed by atoms with Crippen LogP contribution in [-0.2, 0) is 0 Å². The first kappa shape index (κ1) is 11.9. The van der Waals surface area contributed by atoms with Crippen molar-refractivity contribution < 1.29 is 4.52 Å². The van der Waals surface area contributed by atoms with Gasteiger partial charge in [-0.3, -0.25) is 0 Å². The molecule has 0 aliphatic heterocycles. The highest BCUT2D eigenvalue weighted by molar-refractivity contribution is 5.62. The Labute approximate surface area is 118 Å². The maximum Gasteiger partial charge on any atom is 0.258 e. The van der Waals surface area contributed by atoms with Gasteiger partial charge in [-0.1, -0.05) is 11.6 Å². The minimum absolute atomic E-state index is 0.514. The fourth-order valence-electron chi connectivity index (χ4n) is 3.98. The third-order valence-electron chi connectivity index (χ3n) is 4.99. The maximum absolute atomic E-state index is 5.78. The minimum atomic E-state index is 0.514. The van der Waals surface area contributed by atoms with Crippen molar-refractivity contribution in [3.8, 4) is 11.5 Å². The van der Waals surface area contributed by atoms with Crippen LogP contribution < -0.4 is 5.73 Å². The number of rotatable bonds is 2. The summed E-state index contributed by atoms with van der Waals surface area (Å²) in [5.74, 6) is 3.72. The number of hydrogen-bond donors (Lipinski definition) is 1. The molecule has 0 saturated heterocycles. The van der Waals surface area contributed by atoms with Crippen molar-refractivity contribution in [2.45, 2.75) is 38.5 Å². The predicted molar refractivity (Wildman–Crippen MR) is 77.1 cm³/mol. The van der Waals surface area contributed by atoms with E-state index >= 15 is 0 Å². The van der Waals surface area contributed by atoms with E-state index in [0.29, 0.717) is 11.8 Å². The van der Waals surface area contributed by atoms with Gasteiger partial charge in [-0.05, 0) is 61.8 Å². The molecule has 2 aliphatic rings. The van der Waals surface area contributed by atoms with Crippen molar-refractivity contribution in [1.29, 1.82) is 0 Å². The monoisotopic (exact) mass is 269 g/mol. The fraction of sp³-hybridized carbons (Fsp3) is 0.500. The average molecular weight is 269 g/mol. The topological polar surface area (TPSA) is 64.9 Å². The minimum Gasteiger partial charge on any atom is -0.399 e. The van der Waals surface area contributed by atoms with E-state index in [-0.39, 0.29) is 0 Å². The number of anilines is 1. The third-order valence-corrected chi connectivity index (χ3v) is 4.99. The van der Waals surface area contributed by atoms with Crippen molar-refractivity contribution in [1.82, 2.24) is 10.1 Å². The molecule has 2 bridgehead atoms. The lowest BCUT2D eigenvalue weighted by Gasteiger charge is -2.17. The van der Waals surface area contributed by atoms with Crippen LogP contribution in [0, 0.1) is 18.8 Å². The lowest BCUT2D eigenvalue weighted by Crippen LogP contribution is -2.09. The normalized spacial score (nSPS) is 28.1. The third kappa shape index (κ3) is 1.82. The Morgan fingerprint density at radius 3 is 2.85 bits per heavy atom. The Bertz CT molecular complexity index is 649. The standard InChI is InChI=1S/C16H19N3O/c1-9-6-12(17)4-5-13(9)16-18-15(19-20-16)14-8-10-2-3-11(14)7-10/h4-6,10-11,14H,2-3,7-8,17H2,1H3. The molecule has 4 nitrogen and oxygen atoms in total. The molecule has 0 radical (unpaired) electrons. The Morgan fingerprint density at radius 2 is 2.15 bits per heavy atom. The van der Waals surface area contributed by atoms with Crippen LogP contribution in [0.5, 0.6) is 0 Å². The quantitative estimate of drug-likeness (QED) is 0.847. The average Bonchev–Trinajstić information content (AvgIpc) is 3.14. The molecule has 20 heavy (non-hydrogen) atoms. The molecule has 2 fully saturated rings. The Balaban J connectivity index is 1.65.